The number of halogens is 1. The van der Waals surface area contributed by atoms with E-state index in [1.165, 1.54) is 32.6 Å². The van der Waals surface area contributed by atoms with Gasteiger partial charge in [0.25, 0.3) is 0 Å². The molecule has 48 heavy (non-hydrogen) atoms. The Kier molecular flexibility index (Phi) is 12.1. The molecule has 0 saturated carbocycles. The fourth-order valence-electron chi connectivity index (χ4n) is 4.67. The van der Waals surface area contributed by atoms with Crippen molar-refractivity contribution in [2.45, 2.75) is 32.7 Å². The molecule has 0 fully saturated rings. The number of hydrazone groups is 1. The fourth-order valence-corrected chi connectivity index (χ4v) is 4.95. The predicted molar refractivity (Wildman–Crippen MR) is 175 cm³/mol. The summed E-state index contributed by atoms with van der Waals surface area (Å²) in [6.45, 7) is 3.62. The average molecular weight is 683 g/mol. The van der Waals surface area contributed by atoms with Crippen LogP contribution in [0.2, 0.25) is 5.02 Å². The van der Waals surface area contributed by atoms with Crippen LogP contribution in [-0.2, 0) is 16.1 Å². The number of allylic oxidation sites excluding steroid dienone is 1. The van der Waals surface area contributed by atoms with Gasteiger partial charge in [-0.05, 0) is 66.9 Å². The maximum absolute atomic E-state index is 12.5. The van der Waals surface area contributed by atoms with Crippen molar-refractivity contribution in [2.75, 3.05) is 27.4 Å². The molecule has 0 unspecified atom stereocenters. The normalized spacial score (nSPS) is 14.9. The lowest BCUT2D eigenvalue weighted by Crippen LogP contribution is -2.45. The quantitative estimate of drug-likeness (QED) is 0.0671. The molecule has 1 aliphatic heterocycles. The molecule has 2 atom stereocenters. The zero-order chi connectivity index (χ0) is 34.8. The van der Waals surface area contributed by atoms with E-state index in [4.69, 9.17) is 40.4 Å². The summed E-state index contributed by atoms with van der Waals surface area (Å²) in [6.07, 6.45) is 0.205. The van der Waals surface area contributed by atoms with Crippen LogP contribution in [-0.4, -0.2) is 68.1 Å². The van der Waals surface area contributed by atoms with Crippen LogP contribution in [0.5, 0.6) is 23.0 Å². The van der Waals surface area contributed by atoms with Gasteiger partial charge in [0.15, 0.2) is 29.2 Å². The Balaban J connectivity index is 1.38. The van der Waals surface area contributed by atoms with Crippen molar-refractivity contribution in [3.8, 4) is 23.0 Å². The minimum atomic E-state index is -1.22. The van der Waals surface area contributed by atoms with Gasteiger partial charge in [-0.3, -0.25) is 5.43 Å². The number of methoxy groups -OCH3 is 2. The highest BCUT2D eigenvalue weighted by Gasteiger charge is 2.32. The monoisotopic (exact) mass is 682 g/mol. The number of hydrogen-bond donors (Lipinski definition) is 5. The molecule has 5 N–H and O–H groups in total. The van der Waals surface area contributed by atoms with Crippen LogP contribution in [0.1, 0.15) is 46.9 Å². The summed E-state index contributed by atoms with van der Waals surface area (Å²) in [5.41, 5.74) is 5.20. The number of rotatable bonds is 15. The van der Waals surface area contributed by atoms with Gasteiger partial charge in [0.05, 0.1) is 49.2 Å². The molecule has 0 bridgehead atoms. The van der Waals surface area contributed by atoms with Crippen LogP contribution in [0, 0.1) is 0 Å². The molecule has 15 heteroatoms. The number of nitrogens with one attached hydrogen (secondary N) is 3. The Hall–Kier alpha value is -5.47. The van der Waals surface area contributed by atoms with E-state index >= 15 is 0 Å². The minimum absolute atomic E-state index is 0.130. The van der Waals surface area contributed by atoms with Crippen LogP contribution >= 0.6 is 11.6 Å². The molecule has 1 heterocycles. The molecule has 4 rings (SSSR count). The van der Waals surface area contributed by atoms with Crippen molar-refractivity contribution in [1.82, 2.24) is 16.1 Å². The number of aliphatic hydroxyl groups is 1. The van der Waals surface area contributed by atoms with Gasteiger partial charge in [0, 0.05) is 5.70 Å². The van der Waals surface area contributed by atoms with Crippen molar-refractivity contribution < 1.29 is 48.3 Å². The zero-order valence-corrected chi connectivity index (χ0v) is 27.3. The summed E-state index contributed by atoms with van der Waals surface area (Å²) in [6, 6.07) is 13.2. The number of carbonyl (C=O) groups excluding carboxylic acids is 2. The molecule has 1 aliphatic rings. The van der Waals surface area contributed by atoms with Crippen LogP contribution in [0.25, 0.3) is 0 Å². The SMILES string of the molecule is CCOc1cc([C@H]2NC(=O)NC(C)=C2C(=O)OC)ccc1OC[C@@H](O)N/N=C\c1cc(Cl)c(OCc2ccc(C(=O)O)cc2)c(OC)c1. The van der Waals surface area contributed by atoms with Gasteiger partial charge in [0.2, 0.25) is 0 Å². The Morgan fingerprint density at radius 1 is 1.04 bits per heavy atom. The lowest BCUT2D eigenvalue weighted by molar-refractivity contribution is -0.136. The standard InChI is InChI=1S/C33H35ClN4O10/c1-5-46-25-14-22(29-28(32(42)45-4)18(2)36-33(43)37-29)10-11-24(25)47-17-27(39)38-35-15-20-12-23(34)30(26(13-20)44-3)48-16-19-6-8-21(9-7-19)31(40)41/h6-15,27,29,38-39H,5,16-17H2,1-4H3,(H,40,41)(H2,36,37,43)/b35-15-/t27-,29-/m1/s1. The van der Waals surface area contributed by atoms with Crippen molar-refractivity contribution in [3.63, 3.8) is 0 Å². The van der Waals surface area contributed by atoms with Gasteiger partial charge < -0.3 is 44.5 Å². The second-order valence-corrected chi connectivity index (χ2v) is 10.6. The molecule has 0 radical (unpaired) electrons. The maximum atomic E-state index is 12.5. The van der Waals surface area contributed by atoms with Gasteiger partial charge >= 0.3 is 18.0 Å². The fraction of sp³-hybridized carbons (Fsp3) is 0.273. The highest BCUT2D eigenvalue weighted by molar-refractivity contribution is 6.32. The molecule has 0 aliphatic carbocycles. The predicted octanol–water partition coefficient (Wildman–Crippen LogP) is 4.15. The number of carboxylic acids is 1. The van der Waals surface area contributed by atoms with E-state index in [-0.39, 0.29) is 29.4 Å². The Bertz CT molecular complexity index is 1710. The van der Waals surface area contributed by atoms with Crippen LogP contribution < -0.4 is 35.0 Å². The molecule has 14 nitrogen and oxygen atoms in total. The van der Waals surface area contributed by atoms with E-state index < -0.39 is 30.2 Å². The largest absolute Gasteiger partial charge is 0.493 e. The molecule has 2 amide bonds. The third kappa shape index (κ3) is 8.86. The highest BCUT2D eigenvalue weighted by atomic mass is 35.5. The van der Waals surface area contributed by atoms with E-state index in [2.05, 4.69) is 21.2 Å². The summed E-state index contributed by atoms with van der Waals surface area (Å²) in [7, 11) is 2.72. The van der Waals surface area contributed by atoms with E-state index in [1.807, 2.05) is 0 Å². The smallest absolute Gasteiger partial charge is 0.337 e. The number of aliphatic hydroxyl groups excluding tert-OH is 1. The van der Waals surface area contributed by atoms with Gasteiger partial charge in [-0.1, -0.05) is 29.8 Å². The van der Waals surface area contributed by atoms with E-state index in [0.717, 1.165) is 5.56 Å². The summed E-state index contributed by atoms with van der Waals surface area (Å²) in [4.78, 5) is 35.7. The van der Waals surface area contributed by atoms with Crippen molar-refractivity contribution in [1.29, 1.82) is 0 Å². The van der Waals surface area contributed by atoms with Crippen LogP contribution in [0.15, 0.2) is 71.0 Å². The van der Waals surface area contributed by atoms with E-state index in [0.29, 0.717) is 46.4 Å². The number of amides is 2. The van der Waals surface area contributed by atoms with Crippen LogP contribution in [0.3, 0.4) is 0 Å². The van der Waals surface area contributed by atoms with Crippen molar-refractivity contribution >= 4 is 35.8 Å². The second-order valence-electron chi connectivity index (χ2n) is 10.2. The van der Waals surface area contributed by atoms with Crippen molar-refractivity contribution in [3.05, 3.63) is 93.1 Å². The summed E-state index contributed by atoms with van der Waals surface area (Å²) < 4.78 is 27.7. The zero-order valence-electron chi connectivity index (χ0n) is 26.5. The first-order valence-electron chi connectivity index (χ1n) is 14.6. The lowest BCUT2D eigenvalue weighted by Gasteiger charge is -2.28. The summed E-state index contributed by atoms with van der Waals surface area (Å²) in [5, 5.41) is 29.1. The third-order valence-corrected chi connectivity index (χ3v) is 7.23. The molecular weight excluding hydrogens is 648 g/mol. The number of nitrogens with zero attached hydrogens (tertiary/aromatic N) is 1. The Labute approximate surface area is 281 Å². The first-order valence-corrected chi connectivity index (χ1v) is 15.0. The van der Waals surface area contributed by atoms with Crippen LogP contribution in [0.4, 0.5) is 4.79 Å². The molecule has 3 aromatic carbocycles. The molecule has 0 spiro atoms. The Morgan fingerprint density at radius 2 is 1.79 bits per heavy atom. The molecule has 3 aromatic rings. The number of aromatic carboxylic acids is 1. The lowest BCUT2D eigenvalue weighted by atomic mass is 9.95. The van der Waals surface area contributed by atoms with Gasteiger partial charge in [-0.25, -0.2) is 14.4 Å². The maximum Gasteiger partial charge on any atom is 0.337 e. The number of urea groups is 1. The summed E-state index contributed by atoms with van der Waals surface area (Å²) in [5.74, 6) is -0.319. The first kappa shape index (κ1) is 35.4. The highest BCUT2D eigenvalue weighted by Crippen LogP contribution is 2.37. The molecule has 254 valence electrons. The number of esters is 1. The first-order chi connectivity index (χ1) is 23.0. The number of benzene rings is 3. The number of carboxylic acid groups (broad SMARTS) is 1. The number of carbonyl (C=O) groups is 3. The third-order valence-electron chi connectivity index (χ3n) is 6.95. The topological polar surface area (TPSA) is 186 Å². The summed E-state index contributed by atoms with van der Waals surface area (Å²) >= 11 is 6.46. The molecule has 0 saturated heterocycles. The van der Waals surface area contributed by atoms with Gasteiger partial charge in [0.1, 0.15) is 13.2 Å². The second kappa shape index (κ2) is 16.4. The van der Waals surface area contributed by atoms with E-state index in [9.17, 15) is 19.5 Å². The van der Waals surface area contributed by atoms with Gasteiger partial charge in [-0.15, -0.1) is 0 Å². The Morgan fingerprint density at radius 3 is 2.46 bits per heavy atom. The molecular formula is C33H35ClN4O10. The number of hydrogen-bond acceptors (Lipinski definition) is 11. The molecule has 0 aromatic heterocycles. The minimum Gasteiger partial charge on any atom is -0.493 e. The van der Waals surface area contributed by atoms with Crippen molar-refractivity contribution in [2.24, 2.45) is 5.10 Å². The number of ether oxygens (including phenoxy) is 5. The van der Waals surface area contributed by atoms with E-state index in [1.54, 1.807) is 56.3 Å². The van der Waals surface area contributed by atoms with Gasteiger partial charge in [-0.2, -0.15) is 5.10 Å². The average Bonchev–Trinajstić information content (AvgIpc) is 3.06.